The number of ether oxygens (including phenoxy) is 1. The molecule has 0 radical (unpaired) electrons. The first kappa shape index (κ1) is 19.4. The lowest BCUT2D eigenvalue weighted by molar-refractivity contribution is 0.102. The van der Waals surface area contributed by atoms with Crippen LogP contribution in [0.2, 0.25) is 0 Å². The van der Waals surface area contributed by atoms with Crippen molar-refractivity contribution in [2.75, 3.05) is 11.9 Å². The molecule has 1 amide bonds. The van der Waals surface area contributed by atoms with Crippen LogP contribution in [0.4, 0.5) is 10.7 Å². The summed E-state index contributed by atoms with van der Waals surface area (Å²) in [5.41, 5.74) is 3.60. The zero-order valence-electron chi connectivity index (χ0n) is 16.5. The van der Waals surface area contributed by atoms with Crippen molar-refractivity contribution < 1.29 is 9.53 Å². The number of rotatable bonds is 6. The molecule has 4 rings (SSSR count). The Balaban J connectivity index is 1.68. The smallest absolute Gasteiger partial charge is 0.259 e. The zero-order valence-corrected chi connectivity index (χ0v) is 17.3. The van der Waals surface area contributed by atoms with E-state index in [1.807, 2.05) is 67.7 Å². The molecule has 4 nitrogen and oxygen atoms in total. The lowest BCUT2D eigenvalue weighted by atomic mass is 9.95. The fourth-order valence-corrected chi connectivity index (χ4v) is 4.82. The highest BCUT2D eigenvalue weighted by Crippen LogP contribution is 2.40. The van der Waals surface area contributed by atoms with Gasteiger partial charge in [0.05, 0.1) is 12.2 Å². The molecule has 3 aromatic rings. The quantitative estimate of drug-likeness (QED) is 0.510. The molecule has 5 heteroatoms. The van der Waals surface area contributed by atoms with E-state index in [4.69, 9.17) is 9.73 Å². The molecule has 1 aliphatic carbocycles. The topological polar surface area (TPSA) is 50.7 Å². The van der Waals surface area contributed by atoms with E-state index < -0.39 is 0 Å². The van der Waals surface area contributed by atoms with Crippen LogP contribution in [0.5, 0.6) is 5.75 Å². The van der Waals surface area contributed by atoms with Gasteiger partial charge in [-0.05, 0) is 62.4 Å². The van der Waals surface area contributed by atoms with Crippen LogP contribution in [0.1, 0.15) is 46.1 Å². The fourth-order valence-electron chi connectivity index (χ4n) is 3.59. The third-order valence-corrected chi connectivity index (χ3v) is 6.15. The Morgan fingerprint density at radius 2 is 1.86 bits per heavy atom. The predicted octanol–water partition coefficient (Wildman–Crippen LogP) is 6.03. The van der Waals surface area contributed by atoms with Gasteiger partial charge >= 0.3 is 0 Å². The highest BCUT2D eigenvalue weighted by Gasteiger charge is 2.25. The average molecular weight is 405 g/mol. The summed E-state index contributed by atoms with van der Waals surface area (Å²) in [7, 11) is 0. The number of hydrogen-bond donors (Lipinski definition) is 1. The summed E-state index contributed by atoms with van der Waals surface area (Å²) >= 11 is 1.64. The van der Waals surface area contributed by atoms with Gasteiger partial charge in [0.15, 0.2) is 0 Å². The molecule has 0 saturated carbocycles. The summed E-state index contributed by atoms with van der Waals surface area (Å²) in [6.45, 7) is 2.57. The normalized spacial score (nSPS) is 13.3. The molecule has 1 aromatic heterocycles. The minimum Gasteiger partial charge on any atom is -0.493 e. The van der Waals surface area contributed by atoms with Gasteiger partial charge in [0.2, 0.25) is 0 Å². The molecule has 0 aliphatic heterocycles. The largest absolute Gasteiger partial charge is 0.493 e. The van der Waals surface area contributed by atoms with Crippen molar-refractivity contribution in [3.63, 3.8) is 0 Å². The van der Waals surface area contributed by atoms with Crippen LogP contribution < -0.4 is 10.1 Å². The molecule has 29 heavy (non-hydrogen) atoms. The van der Waals surface area contributed by atoms with Crippen LogP contribution in [0.3, 0.4) is 0 Å². The van der Waals surface area contributed by atoms with E-state index in [9.17, 15) is 4.79 Å². The number of hydrogen-bond acceptors (Lipinski definition) is 4. The first-order chi connectivity index (χ1) is 14.3. The van der Waals surface area contributed by atoms with Crippen molar-refractivity contribution in [3.8, 4) is 5.75 Å². The maximum Gasteiger partial charge on any atom is 0.259 e. The maximum atomic E-state index is 13.1. The number of thiophene rings is 1. The second-order valence-electron chi connectivity index (χ2n) is 6.94. The van der Waals surface area contributed by atoms with Gasteiger partial charge in [0.25, 0.3) is 5.91 Å². The molecule has 1 aliphatic rings. The lowest BCUT2D eigenvalue weighted by Gasteiger charge is -2.12. The van der Waals surface area contributed by atoms with Gasteiger partial charge in [0, 0.05) is 22.3 Å². The predicted molar refractivity (Wildman–Crippen MR) is 120 cm³/mol. The van der Waals surface area contributed by atoms with Gasteiger partial charge in [-0.3, -0.25) is 4.79 Å². The van der Waals surface area contributed by atoms with E-state index in [-0.39, 0.29) is 5.91 Å². The summed E-state index contributed by atoms with van der Waals surface area (Å²) in [6.07, 6.45) is 6.06. The Kier molecular flexibility index (Phi) is 6.06. The third-order valence-electron chi connectivity index (χ3n) is 4.95. The van der Waals surface area contributed by atoms with Gasteiger partial charge in [0.1, 0.15) is 10.8 Å². The number of benzene rings is 2. The van der Waals surface area contributed by atoms with Crippen LogP contribution in [0.25, 0.3) is 0 Å². The number of amides is 1. The van der Waals surface area contributed by atoms with Crippen LogP contribution >= 0.6 is 11.3 Å². The van der Waals surface area contributed by atoms with E-state index in [1.54, 1.807) is 11.3 Å². The summed E-state index contributed by atoms with van der Waals surface area (Å²) in [6, 6.07) is 17.4. The number of nitrogens with zero attached hydrogens (tertiary/aromatic N) is 1. The number of nitrogens with one attached hydrogen (secondary N) is 1. The van der Waals surface area contributed by atoms with E-state index in [0.717, 1.165) is 46.8 Å². The van der Waals surface area contributed by atoms with Crippen LogP contribution in [0, 0.1) is 0 Å². The summed E-state index contributed by atoms with van der Waals surface area (Å²) in [4.78, 5) is 19.2. The van der Waals surface area contributed by atoms with Crippen LogP contribution in [0.15, 0.2) is 59.6 Å². The minimum absolute atomic E-state index is 0.0826. The first-order valence-electron chi connectivity index (χ1n) is 10.0. The Labute approximate surface area is 175 Å². The number of para-hydroxylation sites is 2. The summed E-state index contributed by atoms with van der Waals surface area (Å²) in [5.74, 6) is 0.719. The molecule has 0 saturated heterocycles. The molecule has 0 spiro atoms. The number of carbonyl (C=O) groups excluding carboxylic acids is 1. The third kappa shape index (κ3) is 4.40. The Hall–Kier alpha value is -2.92. The second-order valence-corrected chi connectivity index (χ2v) is 8.02. The standard InChI is InChI=1S/C24H24N2O2S/c1-2-28-20-14-8-6-10-17(20)16-25-24-22(19-13-7-9-15-21(19)29-24)23(27)26-18-11-4-3-5-12-18/h3-6,8,10-12,14,16H,2,7,9,13,15H2,1H3,(H,26,27). The molecule has 1 heterocycles. The molecular formula is C24H24N2O2S. The van der Waals surface area contributed by atoms with Gasteiger partial charge in [-0.1, -0.05) is 30.3 Å². The summed E-state index contributed by atoms with van der Waals surface area (Å²) in [5, 5.41) is 3.81. The van der Waals surface area contributed by atoms with Crippen LogP contribution in [-0.2, 0) is 12.8 Å². The second kappa shape index (κ2) is 9.05. The number of fused-ring (bicyclic) bond motifs is 1. The molecule has 0 bridgehead atoms. The highest BCUT2D eigenvalue weighted by molar-refractivity contribution is 7.16. The first-order valence-corrected chi connectivity index (χ1v) is 10.8. The molecular weight excluding hydrogens is 380 g/mol. The molecule has 2 aromatic carbocycles. The molecule has 0 fully saturated rings. The highest BCUT2D eigenvalue weighted by atomic mass is 32.1. The molecule has 0 unspecified atom stereocenters. The van der Waals surface area contributed by atoms with Crippen molar-refractivity contribution in [2.24, 2.45) is 4.99 Å². The van der Waals surface area contributed by atoms with E-state index in [2.05, 4.69) is 5.32 Å². The average Bonchev–Trinajstić information content (AvgIpc) is 3.12. The van der Waals surface area contributed by atoms with Crippen molar-refractivity contribution in [1.82, 2.24) is 0 Å². The van der Waals surface area contributed by atoms with Gasteiger partial charge in [-0.25, -0.2) is 4.99 Å². The number of carbonyl (C=O) groups is 1. The molecule has 148 valence electrons. The molecule has 1 N–H and O–H groups in total. The monoisotopic (exact) mass is 404 g/mol. The maximum absolute atomic E-state index is 13.1. The van der Waals surface area contributed by atoms with Gasteiger partial charge in [-0.15, -0.1) is 11.3 Å². The fraction of sp³-hybridized carbons (Fsp3) is 0.250. The molecule has 0 atom stereocenters. The van der Waals surface area contributed by atoms with Crippen LogP contribution in [-0.4, -0.2) is 18.7 Å². The zero-order chi connectivity index (χ0) is 20.1. The van der Waals surface area contributed by atoms with Gasteiger partial charge in [-0.2, -0.15) is 0 Å². The van der Waals surface area contributed by atoms with Gasteiger partial charge < -0.3 is 10.1 Å². The van der Waals surface area contributed by atoms with Crippen molar-refractivity contribution >= 4 is 34.1 Å². The minimum atomic E-state index is -0.0826. The van der Waals surface area contributed by atoms with E-state index >= 15 is 0 Å². The van der Waals surface area contributed by atoms with Crippen molar-refractivity contribution in [1.29, 1.82) is 0 Å². The number of aryl methyl sites for hydroxylation is 1. The van der Waals surface area contributed by atoms with Crippen molar-refractivity contribution in [2.45, 2.75) is 32.6 Å². The van der Waals surface area contributed by atoms with Crippen molar-refractivity contribution in [3.05, 3.63) is 76.2 Å². The summed E-state index contributed by atoms with van der Waals surface area (Å²) < 4.78 is 5.70. The van der Waals surface area contributed by atoms with E-state index in [0.29, 0.717) is 6.61 Å². The number of anilines is 1. The SMILES string of the molecule is CCOc1ccccc1C=Nc1sc2c(c1C(=O)Nc1ccccc1)CCCC2. The Morgan fingerprint density at radius 3 is 2.69 bits per heavy atom. The lowest BCUT2D eigenvalue weighted by Crippen LogP contribution is -2.14. The van der Waals surface area contributed by atoms with E-state index in [1.165, 1.54) is 16.9 Å². The Bertz CT molecular complexity index is 1020. The Morgan fingerprint density at radius 1 is 1.10 bits per heavy atom. The number of aliphatic imine (C=N–C) groups is 1.